The molecular weight excluding hydrogens is 523 g/mol. The molecule has 0 bridgehead atoms. The molecule has 2 aromatic rings. The maximum absolute atomic E-state index is 13.8. The summed E-state index contributed by atoms with van der Waals surface area (Å²) < 4.78 is 32.6. The van der Waals surface area contributed by atoms with E-state index in [2.05, 4.69) is 22.5 Å². The monoisotopic (exact) mass is 537 g/mol. The number of nitrogens with zero attached hydrogens (tertiary/aromatic N) is 1. The average Bonchev–Trinajstić information content (AvgIpc) is 3.19. The van der Waals surface area contributed by atoms with Gasteiger partial charge in [-0.1, -0.05) is 17.9 Å². The number of hydrogen-bond acceptors (Lipinski definition) is 4. The lowest BCUT2D eigenvalue weighted by Gasteiger charge is -2.26. The zero-order valence-electron chi connectivity index (χ0n) is 16.0. The van der Waals surface area contributed by atoms with Crippen LogP contribution in [0.2, 0.25) is 0 Å². The van der Waals surface area contributed by atoms with Crippen LogP contribution in [-0.2, 0) is 11.3 Å². The van der Waals surface area contributed by atoms with Gasteiger partial charge < -0.3 is 15.0 Å². The van der Waals surface area contributed by atoms with Crippen LogP contribution >= 0.6 is 22.6 Å². The zero-order chi connectivity index (χ0) is 22.3. The van der Waals surface area contributed by atoms with Gasteiger partial charge in [0.05, 0.1) is 17.2 Å². The van der Waals surface area contributed by atoms with Gasteiger partial charge >= 0.3 is 6.03 Å². The van der Waals surface area contributed by atoms with Gasteiger partial charge in [0.25, 0.3) is 11.8 Å². The van der Waals surface area contributed by atoms with Gasteiger partial charge in [-0.15, -0.1) is 0 Å². The average molecular weight is 537 g/mol. The first-order valence-corrected chi connectivity index (χ1v) is 10.1. The lowest BCUT2D eigenvalue weighted by molar-refractivity contribution is -0.122. The number of carbonyl (C=O) groups is 3. The molecule has 7 nitrogen and oxygen atoms in total. The molecule has 0 aromatic heterocycles. The van der Waals surface area contributed by atoms with Crippen molar-refractivity contribution in [2.45, 2.75) is 12.1 Å². The Labute approximate surface area is 189 Å². The minimum atomic E-state index is -1.77. The van der Waals surface area contributed by atoms with E-state index >= 15 is 0 Å². The Morgan fingerprint density at radius 2 is 1.90 bits per heavy atom. The first kappa shape index (κ1) is 21.0. The van der Waals surface area contributed by atoms with E-state index in [4.69, 9.17) is 4.74 Å². The fourth-order valence-electron chi connectivity index (χ4n) is 3.42. The number of imide groups is 1. The molecule has 1 saturated heterocycles. The number of halogens is 3. The number of ether oxygens (including phenoxy) is 1. The van der Waals surface area contributed by atoms with Gasteiger partial charge in [0.15, 0.2) is 0 Å². The molecule has 4 amide bonds. The Morgan fingerprint density at radius 3 is 2.52 bits per heavy atom. The van der Waals surface area contributed by atoms with Gasteiger partial charge in [-0.3, -0.25) is 14.9 Å². The Bertz CT molecular complexity index is 1180. The highest BCUT2D eigenvalue weighted by Crippen LogP contribution is 2.28. The number of benzene rings is 2. The maximum Gasteiger partial charge on any atom is 0.323 e. The van der Waals surface area contributed by atoms with E-state index in [1.807, 2.05) is 0 Å². The topological polar surface area (TPSA) is 87.7 Å². The molecule has 0 radical (unpaired) electrons. The number of methoxy groups -OCH3 is 1. The quantitative estimate of drug-likeness (QED) is 0.272. The number of rotatable bonds is 3. The molecule has 0 aliphatic carbocycles. The van der Waals surface area contributed by atoms with Crippen molar-refractivity contribution in [3.05, 3.63) is 62.2 Å². The van der Waals surface area contributed by atoms with Gasteiger partial charge in [0.2, 0.25) is 5.54 Å². The largest absolute Gasteiger partial charge is 0.497 e. The van der Waals surface area contributed by atoms with Crippen molar-refractivity contribution in [3.8, 4) is 17.6 Å². The van der Waals surface area contributed by atoms with Crippen molar-refractivity contribution in [1.82, 2.24) is 15.5 Å². The minimum absolute atomic E-state index is 0.00971. The third-order valence-electron chi connectivity index (χ3n) is 4.97. The molecule has 1 atom stereocenters. The summed E-state index contributed by atoms with van der Waals surface area (Å²) in [5.74, 6) is 2.98. The Balaban J connectivity index is 1.67. The summed E-state index contributed by atoms with van der Waals surface area (Å²) in [5, 5.41) is 4.55. The molecule has 0 spiro atoms. The fourth-order valence-corrected chi connectivity index (χ4v) is 3.73. The predicted molar refractivity (Wildman–Crippen MR) is 113 cm³/mol. The predicted octanol–water partition coefficient (Wildman–Crippen LogP) is 2.16. The van der Waals surface area contributed by atoms with Crippen LogP contribution in [0.1, 0.15) is 21.5 Å². The number of carbonyl (C=O) groups excluding carboxylic acids is 3. The zero-order valence-corrected chi connectivity index (χ0v) is 18.2. The van der Waals surface area contributed by atoms with E-state index in [9.17, 15) is 23.2 Å². The van der Waals surface area contributed by atoms with Crippen molar-refractivity contribution in [2.75, 3.05) is 13.7 Å². The number of hydrogen-bond donors (Lipinski definition) is 2. The second kappa shape index (κ2) is 7.81. The molecule has 1 fully saturated rings. The third kappa shape index (κ3) is 3.81. The van der Waals surface area contributed by atoms with Gasteiger partial charge in [0.1, 0.15) is 17.4 Å². The van der Waals surface area contributed by atoms with Crippen LogP contribution in [0, 0.1) is 27.0 Å². The SMILES string of the molecule is COc1ccc2c(c1)C(=O)N(C[C@@]1(C#Cc3cc(F)c(I)c(F)c3)NC(=O)NC1=O)C2. The highest BCUT2D eigenvalue weighted by molar-refractivity contribution is 14.1. The molecule has 2 N–H and O–H groups in total. The highest BCUT2D eigenvalue weighted by atomic mass is 127. The van der Waals surface area contributed by atoms with Crippen LogP contribution in [0.5, 0.6) is 5.75 Å². The Morgan fingerprint density at radius 1 is 1.19 bits per heavy atom. The van der Waals surface area contributed by atoms with Gasteiger partial charge in [0, 0.05) is 17.7 Å². The van der Waals surface area contributed by atoms with E-state index in [1.165, 1.54) is 34.6 Å². The summed E-state index contributed by atoms with van der Waals surface area (Å²) in [6, 6.07) is 6.35. The first-order chi connectivity index (χ1) is 14.7. The number of amides is 4. The number of urea groups is 1. The van der Waals surface area contributed by atoms with Crippen molar-refractivity contribution in [3.63, 3.8) is 0 Å². The van der Waals surface area contributed by atoms with E-state index in [-0.39, 0.29) is 28.1 Å². The smallest absolute Gasteiger partial charge is 0.323 e. The van der Waals surface area contributed by atoms with E-state index in [0.29, 0.717) is 11.3 Å². The van der Waals surface area contributed by atoms with Crippen molar-refractivity contribution in [1.29, 1.82) is 0 Å². The van der Waals surface area contributed by atoms with Crippen molar-refractivity contribution < 1.29 is 27.9 Å². The molecule has 4 rings (SSSR count). The Kier molecular flexibility index (Phi) is 5.30. The first-order valence-electron chi connectivity index (χ1n) is 9.00. The number of fused-ring (bicyclic) bond motifs is 1. The summed E-state index contributed by atoms with van der Waals surface area (Å²) in [6.45, 7) is -0.0414. The highest BCUT2D eigenvalue weighted by Gasteiger charge is 2.48. The molecule has 2 aliphatic rings. The summed E-state index contributed by atoms with van der Waals surface area (Å²) in [6.07, 6.45) is 0. The Hall–Kier alpha value is -3.20. The standard InChI is InChI=1S/C21H14F2IN3O4/c1-31-13-3-2-12-9-27(18(28)14(12)8-13)10-21(19(29)25-20(30)26-21)5-4-11-6-15(22)17(24)16(23)7-11/h2-3,6-8H,9-10H2,1H3,(H2,25,26,29,30)/t21-/m1/s1. The lowest BCUT2D eigenvalue weighted by Crippen LogP contribution is -2.54. The van der Waals surface area contributed by atoms with Crippen LogP contribution in [-0.4, -0.2) is 41.9 Å². The normalized spacial score (nSPS) is 19.5. The molecule has 158 valence electrons. The lowest BCUT2D eigenvalue weighted by atomic mass is 9.99. The van der Waals surface area contributed by atoms with E-state index in [1.54, 1.807) is 18.2 Å². The third-order valence-corrected chi connectivity index (χ3v) is 6.00. The van der Waals surface area contributed by atoms with Gasteiger partial charge in [-0.05, 0) is 52.4 Å². The fraction of sp³-hybridized carbons (Fsp3) is 0.190. The summed E-state index contributed by atoms with van der Waals surface area (Å²) in [4.78, 5) is 38.7. The van der Waals surface area contributed by atoms with Gasteiger partial charge in [-0.2, -0.15) is 0 Å². The van der Waals surface area contributed by atoms with Crippen LogP contribution in [0.3, 0.4) is 0 Å². The molecule has 2 aromatic carbocycles. The second-order valence-electron chi connectivity index (χ2n) is 7.00. The molecule has 2 heterocycles. The molecule has 2 aliphatic heterocycles. The van der Waals surface area contributed by atoms with Crippen molar-refractivity contribution in [2.24, 2.45) is 0 Å². The second-order valence-corrected chi connectivity index (χ2v) is 8.08. The molecular formula is C21H14F2IN3O4. The van der Waals surface area contributed by atoms with Crippen molar-refractivity contribution >= 4 is 40.4 Å². The summed E-state index contributed by atoms with van der Waals surface area (Å²) in [5.41, 5.74) is -0.617. The maximum atomic E-state index is 13.8. The van der Waals surface area contributed by atoms with E-state index in [0.717, 1.165) is 17.7 Å². The summed E-state index contributed by atoms with van der Waals surface area (Å²) >= 11 is 1.53. The molecule has 10 heteroatoms. The minimum Gasteiger partial charge on any atom is -0.497 e. The van der Waals surface area contributed by atoms with Crippen LogP contribution in [0.15, 0.2) is 30.3 Å². The van der Waals surface area contributed by atoms with Crippen LogP contribution in [0.4, 0.5) is 13.6 Å². The molecule has 0 saturated carbocycles. The summed E-state index contributed by atoms with van der Waals surface area (Å²) in [7, 11) is 1.48. The number of nitrogens with one attached hydrogen (secondary N) is 2. The van der Waals surface area contributed by atoms with Crippen LogP contribution < -0.4 is 15.4 Å². The molecule has 0 unspecified atom stereocenters. The molecule has 31 heavy (non-hydrogen) atoms. The van der Waals surface area contributed by atoms with Gasteiger partial charge in [-0.25, -0.2) is 13.6 Å². The van der Waals surface area contributed by atoms with Crippen LogP contribution in [0.25, 0.3) is 0 Å². The van der Waals surface area contributed by atoms with E-state index < -0.39 is 29.1 Å².